The van der Waals surface area contributed by atoms with E-state index in [9.17, 15) is 17.6 Å². The highest BCUT2D eigenvalue weighted by Crippen LogP contribution is 2.24. The predicted molar refractivity (Wildman–Crippen MR) is 119 cm³/mol. The second-order valence-corrected chi connectivity index (χ2v) is 9.88. The summed E-state index contributed by atoms with van der Waals surface area (Å²) in [7, 11) is -3.77. The topological polar surface area (TPSA) is 92.3 Å². The third kappa shape index (κ3) is 4.78. The average Bonchev–Trinajstić information content (AvgIpc) is 2.79. The highest BCUT2D eigenvalue weighted by Gasteiger charge is 2.33. The summed E-state index contributed by atoms with van der Waals surface area (Å²) in [4.78, 5) is 22.0. The van der Waals surface area contributed by atoms with Crippen molar-refractivity contribution in [3.8, 4) is 0 Å². The highest BCUT2D eigenvalue weighted by atomic mass is 32.2. The van der Waals surface area contributed by atoms with E-state index >= 15 is 0 Å². The maximum absolute atomic E-state index is 13.2. The number of hydrogen-bond acceptors (Lipinski definition) is 5. The van der Waals surface area contributed by atoms with Gasteiger partial charge in [-0.05, 0) is 56.2 Å². The molecule has 1 N–H and O–H groups in total. The summed E-state index contributed by atoms with van der Waals surface area (Å²) in [6.07, 6.45) is 1.75. The number of sulfonamides is 1. The molecular weight excluding hydrogens is 431 g/mol. The number of carbonyl (C=O) groups excluding carboxylic acids is 1. The van der Waals surface area contributed by atoms with Crippen molar-refractivity contribution in [2.24, 2.45) is 5.92 Å². The Labute approximate surface area is 186 Å². The number of aryl methyl sites for hydroxylation is 1. The van der Waals surface area contributed by atoms with Gasteiger partial charge in [0.15, 0.2) is 0 Å². The highest BCUT2D eigenvalue weighted by molar-refractivity contribution is 7.89. The monoisotopic (exact) mass is 456 g/mol. The molecule has 3 aromatic rings. The summed E-state index contributed by atoms with van der Waals surface area (Å²) in [6.45, 7) is 2.75. The standard InChI is InChI=1S/C23H25FN4O3S/c1-16-20(27-22-7-3-2-6-21(22)26-16)12-13-25-23(29)17-5-4-14-28(15-17)32(30,31)19-10-8-18(24)9-11-19/h2-3,6-11,17H,4-5,12-15H2,1H3,(H,25,29)/t17-/m1/s1. The Bertz CT molecular complexity index is 1230. The minimum absolute atomic E-state index is 0.0327. The molecule has 4 rings (SSSR count). The van der Waals surface area contributed by atoms with E-state index in [1.807, 2.05) is 31.2 Å². The first-order valence-electron chi connectivity index (χ1n) is 10.6. The molecule has 168 valence electrons. The molecule has 1 fully saturated rings. The van der Waals surface area contributed by atoms with Gasteiger partial charge in [-0.25, -0.2) is 22.8 Å². The minimum atomic E-state index is -3.77. The Kier molecular flexibility index (Phi) is 6.48. The Morgan fingerprint density at radius 3 is 2.53 bits per heavy atom. The predicted octanol–water partition coefficient (Wildman–Crippen LogP) is 2.84. The Hall–Kier alpha value is -2.91. The normalized spacial score (nSPS) is 17.4. The van der Waals surface area contributed by atoms with Gasteiger partial charge in [-0.15, -0.1) is 0 Å². The van der Waals surface area contributed by atoms with Crippen LogP contribution in [0.4, 0.5) is 4.39 Å². The van der Waals surface area contributed by atoms with Crippen LogP contribution < -0.4 is 5.32 Å². The van der Waals surface area contributed by atoms with E-state index in [-0.39, 0.29) is 17.3 Å². The lowest BCUT2D eigenvalue weighted by molar-refractivity contribution is -0.126. The molecule has 9 heteroatoms. The second kappa shape index (κ2) is 9.30. The van der Waals surface area contributed by atoms with E-state index < -0.39 is 21.8 Å². The number of benzene rings is 2. The van der Waals surface area contributed by atoms with Crippen LogP contribution in [0.1, 0.15) is 24.2 Å². The van der Waals surface area contributed by atoms with Crippen LogP contribution in [0.2, 0.25) is 0 Å². The molecule has 0 radical (unpaired) electrons. The Balaban J connectivity index is 1.36. The third-order valence-corrected chi connectivity index (χ3v) is 7.59. The van der Waals surface area contributed by atoms with Crippen LogP contribution in [0.25, 0.3) is 11.0 Å². The van der Waals surface area contributed by atoms with Gasteiger partial charge in [0, 0.05) is 26.1 Å². The quantitative estimate of drug-likeness (QED) is 0.616. The molecule has 0 saturated carbocycles. The number of nitrogens with zero attached hydrogens (tertiary/aromatic N) is 3. The van der Waals surface area contributed by atoms with E-state index in [0.29, 0.717) is 32.4 Å². The summed E-state index contributed by atoms with van der Waals surface area (Å²) in [6, 6.07) is 12.4. The van der Waals surface area contributed by atoms with Crippen LogP contribution in [-0.4, -0.2) is 48.2 Å². The fourth-order valence-electron chi connectivity index (χ4n) is 3.94. The zero-order valence-corrected chi connectivity index (χ0v) is 18.6. The van der Waals surface area contributed by atoms with Crippen LogP contribution in [0.15, 0.2) is 53.4 Å². The number of fused-ring (bicyclic) bond motifs is 1. The number of nitrogens with one attached hydrogen (secondary N) is 1. The van der Waals surface area contributed by atoms with E-state index in [2.05, 4.69) is 15.3 Å². The second-order valence-electron chi connectivity index (χ2n) is 7.94. The molecule has 1 atom stereocenters. The number of aromatic nitrogens is 2. The van der Waals surface area contributed by atoms with Gasteiger partial charge in [-0.1, -0.05) is 12.1 Å². The van der Waals surface area contributed by atoms with E-state index in [4.69, 9.17) is 0 Å². The van der Waals surface area contributed by atoms with Gasteiger partial charge < -0.3 is 5.32 Å². The number of para-hydroxylation sites is 2. The largest absolute Gasteiger partial charge is 0.355 e. The molecule has 1 aliphatic rings. The van der Waals surface area contributed by atoms with Crippen LogP contribution >= 0.6 is 0 Å². The van der Waals surface area contributed by atoms with E-state index in [0.717, 1.165) is 34.6 Å². The van der Waals surface area contributed by atoms with Crippen molar-refractivity contribution in [1.82, 2.24) is 19.6 Å². The maximum Gasteiger partial charge on any atom is 0.243 e. The molecule has 32 heavy (non-hydrogen) atoms. The van der Waals surface area contributed by atoms with Crippen molar-refractivity contribution in [3.63, 3.8) is 0 Å². The zero-order valence-electron chi connectivity index (χ0n) is 17.8. The molecule has 0 aliphatic carbocycles. The molecule has 1 aliphatic heterocycles. The molecule has 0 bridgehead atoms. The fourth-order valence-corrected chi connectivity index (χ4v) is 5.46. The van der Waals surface area contributed by atoms with Crippen molar-refractivity contribution in [1.29, 1.82) is 0 Å². The van der Waals surface area contributed by atoms with Crippen LogP contribution in [0, 0.1) is 18.7 Å². The van der Waals surface area contributed by atoms with Crippen LogP contribution in [0.3, 0.4) is 0 Å². The zero-order chi connectivity index (χ0) is 22.7. The molecule has 1 aromatic heterocycles. The molecule has 1 saturated heterocycles. The van der Waals surface area contributed by atoms with Gasteiger partial charge in [0.25, 0.3) is 0 Å². The third-order valence-electron chi connectivity index (χ3n) is 5.71. The van der Waals surface area contributed by atoms with Gasteiger partial charge in [-0.3, -0.25) is 4.79 Å². The number of amides is 1. The van der Waals surface area contributed by atoms with Gasteiger partial charge in [0.2, 0.25) is 15.9 Å². The average molecular weight is 457 g/mol. The summed E-state index contributed by atoms with van der Waals surface area (Å²) >= 11 is 0. The van der Waals surface area contributed by atoms with Crippen molar-refractivity contribution in [3.05, 3.63) is 65.7 Å². The molecule has 0 unspecified atom stereocenters. The first-order valence-corrected chi connectivity index (χ1v) is 12.0. The lowest BCUT2D eigenvalue weighted by atomic mass is 9.99. The number of piperidine rings is 1. The molecule has 7 nitrogen and oxygen atoms in total. The van der Waals surface area contributed by atoms with Crippen molar-refractivity contribution in [2.45, 2.75) is 31.1 Å². The van der Waals surface area contributed by atoms with Gasteiger partial charge in [0.05, 0.1) is 33.2 Å². The molecule has 1 amide bonds. The Morgan fingerprint density at radius 1 is 1.12 bits per heavy atom. The SMILES string of the molecule is Cc1nc2ccccc2nc1CCNC(=O)[C@@H]1CCCN(S(=O)(=O)c2ccc(F)cc2)C1. The first-order chi connectivity index (χ1) is 15.3. The van der Waals surface area contributed by atoms with Crippen LogP contribution in [0.5, 0.6) is 0 Å². The lowest BCUT2D eigenvalue weighted by Gasteiger charge is -2.31. The summed E-state index contributed by atoms with van der Waals surface area (Å²) < 4.78 is 40.2. The molecule has 0 spiro atoms. The van der Waals surface area contributed by atoms with Crippen molar-refractivity contribution < 1.29 is 17.6 Å². The summed E-state index contributed by atoms with van der Waals surface area (Å²) in [5.41, 5.74) is 3.30. The van der Waals surface area contributed by atoms with E-state index in [1.54, 1.807) is 0 Å². The number of rotatable bonds is 6. The smallest absolute Gasteiger partial charge is 0.243 e. The van der Waals surface area contributed by atoms with Gasteiger partial charge in [-0.2, -0.15) is 4.31 Å². The maximum atomic E-state index is 13.2. The number of hydrogen-bond donors (Lipinski definition) is 1. The minimum Gasteiger partial charge on any atom is -0.355 e. The number of carbonyl (C=O) groups is 1. The first kappa shape index (κ1) is 22.3. The van der Waals surface area contributed by atoms with Crippen molar-refractivity contribution >= 4 is 27.0 Å². The molecule has 2 heterocycles. The fraction of sp³-hybridized carbons (Fsp3) is 0.348. The summed E-state index contributed by atoms with van der Waals surface area (Å²) in [5.74, 6) is -1.09. The number of halogens is 1. The van der Waals surface area contributed by atoms with Crippen molar-refractivity contribution in [2.75, 3.05) is 19.6 Å². The van der Waals surface area contributed by atoms with E-state index in [1.165, 1.54) is 16.4 Å². The molecular formula is C23H25FN4O3S. The molecule has 2 aromatic carbocycles. The lowest BCUT2D eigenvalue weighted by Crippen LogP contribution is -2.45. The van der Waals surface area contributed by atoms with Gasteiger partial charge >= 0.3 is 0 Å². The summed E-state index contributed by atoms with van der Waals surface area (Å²) in [5, 5.41) is 2.92. The van der Waals surface area contributed by atoms with Crippen LogP contribution in [-0.2, 0) is 21.2 Å². The van der Waals surface area contributed by atoms with Gasteiger partial charge in [0.1, 0.15) is 5.82 Å². The Morgan fingerprint density at radius 2 is 1.81 bits per heavy atom.